The second kappa shape index (κ2) is 11.6. The van der Waals surface area contributed by atoms with Crippen molar-refractivity contribution in [2.75, 3.05) is 44.9 Å². The molecule has 0 amide bonds. The lowest BCUT2D eigenvalue weighted by Gasteiger charge is -2.24. The summed E-state index contributed by atoms with van der Waals surface area (Å²) in [7, 11) is 3.44. The lowest BCUT2D eigenvalue weighted by Crippen LogP contribution is -2.34. The molecule has 3 rings (SSSR count). The maximum atomic E-state index is 13.0. The van der Waals surface area contributed by atoms with Crippen molar-refractivity contribution in [3.8, 4) is 5.88 Å². The zero-order valence-electron chi connectivity index (χ0n) is 20.3. The van der Waals surface area contributed by atoms with E-state index in [0.29, 0.717) is 30.5 Å². The summed E-state index contributed by atoms with van der Waals surface area (Å²) >= 11 is 6.12. The van der Waals surface area contributed by atoms with Gasteiger partial charge in [0.2, 0.25) is 5.88 Å². The zero-order valence-corrected chi connectivity index (χ0v) is 21.1. The van der Waals surface area contributed by atoms with E-state index < -0.39 is 0 Å². The highest BCUT2D eigenvalue weighted by Crippen LogP contribution is 2.30. The molecule has 0 aromatic carbocycles. The molecule has 0 atom stereocenters. The third kappa shape index (κ3) is 6.22. The van der Waals surface area contributed by atoms with E-state index >= 15 is 0 Å². The number of ketones is 1. The van der Waals surface area contributed by atoms with Crippen LogP contribution in [-0.2, 0) is 23.0 Å². The highest BCUT2D eigenvalue weighted by Gasteiger charge is 2.20. The Morgan fingerprint density at radius 2 is 2.00 bits per heavy atom. The summed E-state index contributed by atoms with van der Waals surface area (Å²) in [5.41, 5.74) is 3.49. The van der Waals surface area contributed by atoms with Gasteiger partial charge >= 0.3 is 0 Å². The molecule has 0 fully saturated rings. The van der Waals surface area contributed by atoms with Crippen LogP contribution in [0, 0.1) is 6.92 Å². The first-order valence-electron chi connectivity index (χ1n) is 11.2. The predicted molar refractivity (Wildman–Crippen MR) is 132 cm³/mol. The van der Waals surface area contributed by atoms with Gasteiger partial charge in [-0.05, 0) is 36.1 Å². The van der Waals surface area contributed by atoms with Crippen LogP contribution in [0.3, 0.4) is 0 Å². The van der Waals surface area contributed by atoms with E-state index in [1.807, 2.05) is 20.0 Å². The van der Waals surface area contributed by atoms with E-state index in [-0.39, 0.29) is 43.0 Å². The van der Waals surface area contributed by atoms with Crippen molar-refractivity contribution in [3.63, 3.8) is 0 Å². The smallest absolute Gasteiger partial charge is 0.215 e. The first-order valence-corrected chi connectivity index (χ1v) is 11.6. The fraction of sp³-hybridized carbons (Fsp3) is 0.500. The molecule has 184 valence electrons. The Labute approximate surface area is 204 Å². The van der Waals surface area contributed by atoms with Crippen molar-refractivity contribution in [3.05, 3.63) is 40.2 Å². The Morgan fingerprint density at radius 1 is 1.24 bits per heavy atom. The molecule has 0 saturated heterocycles. The third-order valence-electron chi connectivity index (χ3n) is 5.44. The number of rotatable bonds is 12. The minimum Gasteiger partial charge on any atom is -0.475 e. The van der Waals surface area contributed by atoms with Gasteiger partial charge in [0.25, 0.3) is 0 Å². The molecule has 0 radical (unpaired) electrons. The standard InChI is InChI=1S/C24H32ClN5O4/c1-15(2)19-13-21(27-24-23(19)16(3)28-29(24)4)30(6-7-31)14-18(32)10-17-11-20(25)26-22(12-17)34-9-8-33-5/h11-13,15,31H,6-10,14H2,1-5H3. The van der Waals surface area contributed by atoms with Crippen molar-refractivity contribution in [1.29, 1.82) is 0 Å². The molecular weight excluding hydrogens is 458 g/mol. The van der Waals surface area contributed by atoms with Crippen LogP contribution in [-0.4, -0.2) is 70.7 Å². The Kier molecular flexibility index (Phi) is 8.82. The van der Waals surface area contributed by atoms with E-state index in [9.17, 15) is 9.90 Å². The van der Waals surface area contributed by atoms with Crippen LogP contribution >= 0.6 is 11.6 Å². The van der Waals surface area contributed by atoms with Gasteiger partial charge in [0.15, 0.2) is 11.4 Å². The summed E-state index contributed by atoms with van der Waals surface area (Å²) in [6.07, 6.45) is 0.148. The number of halogens is 1. The van der Waals surface area contributed by atoms with Crippen LogP contribution in [0.5, 0.6) is 5.88 Å². The number of methoxy groups -OCH3 is 1. The Morgan fingerprint density at radius 3 is 2.68 bits per heavy atom. The molecule has 3 aromatic heterocycles. The van der Waals surface area contributed by atoms with E-state index in [0.717, 1.165) is 22.3 Å². The van der Waals surface area contributed by atoms with Crippen LogP contribution in [0.15, 0.2) is 18.2 Å². The number of aromatic nitrogens is 4. The molecule has 9 nitrogen and oxygen atoms in total. The average Bonchev–Trinajstić information content (AvgIpc) is 3.06. The summed E-state index contributed by atoms with van der Waals surface area (Å²) in [4.78, 5) is 23.7. The largest absolute Gasteiger partial charge is 0.475 e. The minimum absolute atomic E-state index is 0.0484. The molecule has 1 N–H and O–H groups in total. The van der Waals surface area contributed by atoms with Gasteiger partial charge in [-0.25, -0.2) is 9.97 Å². The Hall–Kier alpha value is -2.75. The average molecular weight is 490 g/mol. The monoisotopic (exact) mass is 489 g/mol. The highest BCUT2D eigenvalue weighted by molar-refractivity contribution is 6.29. The van der Waals surface area contributed by atoms with Crippen molar-refractivity contribution in [2.24, 2.45) is 7.05 Å². The second-order valence-corrected chi connectivity index (χ2v) is 8.86. The van der Waals surface area contributed by atoms with Crippen molar-refractivity contribution >= 4 is 34.2 Å². The van der Waals surface area contributed by atoms with Crippen molar-refractivity contribution < 1.29 is 19.4 Å². The molecule has 0 aliphatic carbocycles. The van der Waals surface area contributed by atoms with Gasteiger partial charge < -0.3 is 19.5 Å². The number of aryl methyl sites for hydroxylation is 2. The predicted octanol–water partition coefficient (Wildman–Crippen LogP) is 3.08. The van der Waals surface area contributed by atoms with Crippen molar-refractivity contribution in [2.45, 2.75) is 33.1 Å². The Balaban J connectivity index is 1.84. The molecule has 0 bridgehead atoms. The molecule has 0 spiro atoms. The summed E-state index contributed by atoms with van der Waals surface area (Å²) in [6, 6.07) is 5.35. The number of fused-ring (bicyclic) bond motifs is 1. The Bertz CT molecular complexity index is 1150. The lowest BCUT2D eigenvalue weighted by atomic mass is 9.99. The molecular formula is C24H32ClN5O4. The molecule has 0 saturated carbocycles. The molecule has 10 heteroatoms. The van der Waals surface area contributed by atoms with Gasteiger partial charge in [0.1, 0.15) is 17.6 Å². The molecule has 3 aromatic rings. The molecule has 3 heterocycles. The van der Waals surface area contributed by atoms with Gasteiger partial charge in [-0.1, -0.05) is 25.4 Å². The van der Waals surface area contributed by atoms with Gasteiger partial charge in [-0.2, -0.15) is 5.10 Å². The number of aliphatic hydroxyl groups excluding tert-OH is 1. The quantitative estimate of drug-likeness (QED) is 0.306. The summed E-state index contributed by atoms with van der Waals surface area (Å²) < 4.78 is 12.3. The molecule has 34 heavy (non-hydrogen) atoms. The topological polar surface area (TPSA) is 103 Å². The number of Topliss-reactive ketones (excluding diaryl/α,β-unsaturated/α-hetero) is 1. The fourth-order valence-electron chi connectivity index (χ4n) is 3.90. The van der Waals surface area contributed by atoms with Gasteiger partial charge in [0, 0.05) is 38.6 Å². The number of anilines is 1. The minimum atomic E-state index is -0.104. The number of ether oxygens (including phenoxy) is 2. The maximum Gasteiger partial charge on any atom is 0.215 e. The molecule has 0 unspecified atom stereocenters. The normalized spacial score (nSPS) is 11.4. The summed E-state index contributed by atoms with van der Waals surface area (Å²) in [5, 5.41) is 15.5. The van der Waals surface area contributed by atoms with Crippen molar-refractivity contribution in [1.82, 2.24) is 19.7 Å². The summed E-state index contributed by atoms with van der Waals surface area (Å²) in [6.45, 7) is 7.23. The lowest BCUT2D eigenvalue weighted by molar-refractivity contribution is -0.117. The first-order chi connectivity index (χ1) is 16.2. The maximum absolute atomic E-state index is 13.0. The second-order valence-electron chi connectivity index (χ2n) is 8.47. The van der Waals surface area contributed by atoms with E-state index in [1.54, 1.807) is 28.8 Å². The number of hydrogen-bond acceptors (Lipinski definition) is 8. The number of hydrogen-bond donors (Lipinski definition) is 1. The van der Waals surface area contributed by atoms with Crippen LogP contribution < -0.4 is 9.64 Å². The van der Waals surface area contributed by atoms with Gasteiger partial charge in [-0.3, -0.25) is 9.48 Å². The number of aliphatic hydroxyl groups is 1. The van der Waals surface area contributed by atoms with Gasteiger partial charge in [0.05, 0.1) is 25.5 Å². The zero-order chi connectivity index (χ0) is 24.8. The number of carbonyl (C=O) groups is 1. The number of nitrogens with zero attached hydrogens (tertiary/aromatic N) is 5. The fourth-order valence-corrected chi connectivity index (χ4v) is 4.13. The first kappa shape index (κ1) is 25.9. The SMILES string of the molecule is COCCOc1cc(CC(=O)CN(CCO)c2cc(C(C)C)c3c(C)nn(C)c3n2)cc(Cl)n1. The highest BCUT2D eigenvalue weighted by atomic mass is 35.5. The van der Waals surface area contributed by atoms with Crippen LogP contribution in [0.1, 0.15) is 36.6 Å². The van der Waals surface area contributed by atoms with Crippen LogP contribution in [0.4, 0.5) is 5.82 Å². The van der Waals surface area contributed by atoms with Crippen LogP contribution in [0.25, 0.3) is 11.0 Å². The van der Waals surface area contributed by atoms with E-state index in [4.69, 9.17) is 26.1 Å². The van der Waals surface area contributed by atoms with Gasteiger partial charge in [-0.15, -0.1) is 0 Å². The van der Waals surface area contributed by atoms with E-state index in [2.05, 4.69) is 23.9 Å². The summed E-state index contributed by atoms with van der Waals surface area (Å²) in [5.74, 6) is 1.18. The molecule has 0 aliphatic rings. The number of pyridine rings is 2. The van der Waals surface area contributed by atoms with Crippen LogP contribution in [0.2, 0.25) is 5.15 Å². The molecule has 0 aliphatic heterocycles. The third-order valence-corrected chi connectivity index (χ3v) is 5.63. The van der Waals surface area contributed by atoms with E-state index in [1.165, 1.54) is 0 Å². The number of carbonyl (C=O) groups excluding carboxylic acids is 1.